The molecule has 0 bridgehead atoms. The minimum absolute atomic E-state index is 0.354. The Balaban J connectivity index is 2.39. The third-order valence-corrected chi connectivity index (χ3v) is 2.93. The molecule has 0 aliphatic carbocycles. The number of hydrogen-bond acceptors (Lipinski definition) is 5. The van der Waals surface area contributed by atoms with Crippen molar-refractivity contribution in [1.82, 2.24) is 5.32 Å². The average Bonchev–Trinajstić information content (AvgIpc) is 2.18. The standard InChI is InChI=1S/C11H16ClN5/c1-11(2)16-9(13)15-10(14)17(11)8-5-3-7(12)4-6-8/h3-6,10H,14H2,1-2H3,(H3,13,15,16). The molecule has 1 aromatic carbocycles. The lowest BCUT2D eigenvalue weighted by Gasteiger charge is -2.46. The number of hydrogen-bond donors (Lipinski definition) is 3. The summed E-state index contributed by atoms with van der Waals surface area (Å²) in [5, 5.41) is 3.78. The van der Waals surface area contributed by atoms with Crippen LogP contribution in [-0.4, -0.2) is 17.9 Å². The molecule has 6 heteroatoms. The molecule has 17 heavy (non-hydrogen) atoms. The van der Waals surface area contributed by atoms with Gasteiger partial charge in [0.2, 0.25) is 0 Å². The highest BCUT2D eigenvalue weighted by Gasteiger charge is 2.35. The minimum atomic E-state index is -0.507. The van der Waals surface area contributed by atoms with Gasteiger partial charge in [0.1, 0.15) is 5.66 Å². The minimum Gasteiger partial charge on any atom is -0.370 e. The van der Waals surface area contributed by atoms with Gasteiger partial charge in [0.05, 0.1) is 0 Å². The summed E-state index contributed by atoms with van der Waals surface area (Å²) in [6.45, 7) is 3.98. The monoisotopic (exact) mass is 253 g/mol. The lowest BCUT2D eigenvalue weighted by molar-refractivity contribution is 0.366. The van der Waals surface area contributed by atoms with Gasteiger partial charge in [0.25, 0.3) is 0 Å². The Hall–Kier alpha value is -1.46. The van der Waals surface area contributed by atoms with Gasteiger partial charge < -0.3 is 16.0 Å². The summed E-state index contributed by atoms with van der Waals surface area (Å²) in [6, 6.07) is 7.45. The van der Waals surface area contributed by atoms with E-state index in [1.165, 1.54) is 0 Å². The van der Waals surface area contributed by atoms with Crippen molar-refractivity contribution in [2.24, 2.45) is 16.5 Å². The summed E-state index contributed by atoms with van der Waals surface area (Å²) in [7, 11) is 0. The van der Waals surface area contributed by atoms with Gasteiger partial charge in [-0.1, -0.05) is 11.6 Å². The van der Waals surface area contributed by atoms with Crippen LogP contribution in [0.3, 0.4) is 0 Å². The van der Waals surface area contributed by atoms with Gasteiger partial charge in [-0.3, -0.25) is 5.73 Å². The zero-order chi connectivity index (χ0) is 12.6. The first kappa shape index (κ1) is 12.0. The van der Waals surface area contributed by atoms with Crippen molar-refractivity contribution in [2.45, 2.75) is 25.8 Å². The van der Waals surface area contributed by atoms with Crippen LogP contribution in [-0.2, 0) is 0 Å². The van der Waals surface area contributed by atoms with E-state index in [1.807, 2.05) is 43.0 Å². The van der Waals surface area contributed by atoms with E-state index in [0.29, 0.717) is 11.0 Å². The molecular weight excluding hydrogens is 238 g/mol. The van der Waals surface area contributed by atoms with Crippen molar-refractivity contribution in [2.75, 3.05) is 4.90 Å². The summed E-state index contributed by atoms with van der Waals surface area (Å²) in [5.74, 6) is 0.354. The Bertz CT molecular complexity index is 440. The normalized spacial score (nSPS) is 22.9. The van der Waals surface area contributed by atoms with Crippen LogP contribution in [0, 0.1) is 0 Å². The van der Waals surface area contributed by atoms with Crippen LogP contribution in [0.2, 0.25) is 5.02 Å². The molecule has 1 heterocycles. The van der Waals surface area contributed by atoms with Crippen LogP contribution in [0.25, 0.3) is 0 Å². The Kier molecular flexibility index (Phi) is 2.89. The van der Waals surface area contributed by atoms with E-state index in [-0.39, 0.29) is 0 Å². The van der Waals surface area contributed by atoms with Gasteiger partial charge in [0, 0.05) is 10.7 Å². The summed E-state index contributed by atoms with van der Waals surface area (Å²) < 4.78 is 0. The molecule has 0 fully saturated rings. The quantitative estimate of drug-likeness (QED) is 0.699. The highest BCUT2D eigenvalue weighted by Crippen LogP contribution is 2.27. The molecule has 0 aromatic heterocycles. The second kappa shape index (κ2) is 4.09. The van der Waals surface area contributed by atoms with Crippen molar-refractivity contribution in [3.8, 4) is 0 Å². The van der Waals surface area contributed by atoms with Gasteiger partial charge in [-0.2, -0.15) is 0 Å². The number of aliphatic imine (C=N–C) groups is 1. The van der Waals surface area contributed by atoms with Crippen molar-refractivity contribution < 1.29 is 0 Å². The number of anilines is 1. The Labute approximate surface area is 105 Å². The SMILES string of the molecule is CC1(C)NC(N)=NC(N)N1c1ccc(Cl)cc1. The van der Waals surface area contributed by atoms with E-state index in [9.17, 15) is 0 Å². The van der Waals surface area contributed by atoms with E-state index >= 15 is 0 Å². The first-order chi connectivity index (χ1) is 7.90. The fourth-order valence-electron chi connectivity index (χ4n) is 2.01. The van der Waals surface area contributed by atoms with Crippen LogP contribution in [0.5, 0.6) is 0 Å². The van der Waals surface area contributed by atoms with E-state index in [2.05, 4.69) is 10.3 Å². The van der Waals surface area contributed by atoms with E-state index in [4.69, 9.17) is 23.1 Å². The molecule has 5 nitrogen and oxygen atoms in total. The summed E-state index contributed by atoms with van der Waals surface area (Å²) >= 11 is 5.87. The van der Waals surface area contributed by atoms with Gasteiger partial charge in [-0.15, -0.1) is 0 Å². The number of benzene rings is 1. The van der Waals surface area contributed by atoms with Gasteiger partial charge in [0.15, 0.2) is 12.2 Å². The molecule has 1 atom stereocenters. The van der Waals surface area contributed by atoms with E-state index < -0.39 is 12.0 Å². The molecule has 2 rings (SSSR count). The maximum Gasteiger partial charge on any atom is 0.193 e. The zero-order valence-corrected chi connectivity index (χ0v) is 10.6. The number of halogens is 1. The highest BCUT2D eigenvalue weighted by atomic mass is 35.5. The lowest BCUT2D eigenvalue weighted by Crippen LogP contribution is -2.67. The number of rotatable bonds is 1. The molecule has 92 valence electrons. The molecule has 1 unspecified atom stereocenters. The average molecular weight is 254 g/mol. The fraction of sp³-hybridized carbons (Fsp3) is 0.364. The molecule has 0 spiro atoms. The molecule has 1 aromatic rings. The van der Waals surface area contributed by atoms with Crippen molar-refractivity contribution in [3.63, 3.8) is 0 Å². The third kappa shape index (κ3) is 2.30. The lowest BCUT2D eigenvalue weighted by atomic mass is 10.1. The number of guanidine groups is 1. The second-order valence-corrected chi connectivity index (χ2v) is 4.89. The Morgan fingerprint density at radius 3 is 2.47 bits per heavy atom. The molecule has 0 amide bonds. The van der Waals surface area contributed by atoms with Crippen molar-refractivity contribution >= 4 is 23.2 Å². The summed E-state index contributed by atoms with van der Waals surface area (Å²) in [5.41, 5.74) is 12.2. The van der Waals surface area contributed by atoms with Crippen LogP contribution < -0.4 is 21.7 Å². The number of nitrogens with one attached hydrogen (secondary N) is 1. The molecule has 0 saturated carbocycles. The Morgan fingerprint density at radius 1 is 1.35 bits per heavy atom. The topological polar surface area (TPSA) is 79.7 Å². The third-order valence-electron chi connectivity index (χ3n) is 2.68. The van der Waals surface area contributed by atoms with Crippen molar-refractivity contribution in [3.05, 3.63) is 29.3 Å². The van der Waals surface area contributed by atoms with E-state index in [1.54, 1.807) is 0 Å². The second-order valence-electron chi connectivity index (χ2n) is 4.46. The van der Waals surface area contributed by atoms with Crippen molar-refractivity contribution in [1.29, 1.82) is 0 Å². The number of nitrogens with zero attached hydrogens (tertiary/aromatic N) is 2. The van der Waals surface area contributed by atoms with Crippen LogP contribution in [0.15, 0.2) is 29.3 Å². The van der Waals surface area contributed by atoms with Crippen LogP contribution >= 0.6 is 11.6 Å². The van der Waals surface area contributed by atoms with Crippen LogP contribution in [0.4, 0.5) is 5.69 Å². The molecular formula is C11H16ClN5. The van der Waals surface area contributed by atoms with E-state index in [0.717, 1.165) is 5.69 Å². The van der Waals surface area contributed by atoms with Gasteiger partial charge in [-0.25, -0.2) is 4.99 Å². The summed E-state index contributed by atoms with van der Waals surface area (Å²) in [6.07, 6.45) is -0.507. The smallest absolute Gasteiger partial charge is 0.193 e. The number of nitrogens with two attached hydrogens (primary N) is 2. The molecule has 1 aliphatic rings. The predicted octanol–water partition coefficient (Wildman–Crippen LogP) is 1.04. The first-order valence-electron chi connectivity index (χ1n) is 5.32. The largest absolute Gasteiger partial charge is 0.370 e. The molecule has 0 radical (unpaired) electrons. The maximum absolute atomic E-state index is 6.00. The highest BCUT2D eigenvalue weighted by molar-refractivity contribution is 6.30. The molecule has 0 saturated heterocycles. The maximum atomic E-state index is 6.00. The summed E-state index contributed by atoms with van der Waals surface area (Å²) in [4.78, 5) is 6.06. The fourth-order valence-corrected chi connectivity index (χ4v) is 2.14. The molecule has 5 N–H and O–H groups in total. The Morgan fingerprint density at radius 2 is 1.94 bits per heavy atom. The predicted molar refractivity (Wildman–Crippen MR) is 70.7 cm³/mol. The van der Waals surface area contributed by atoms with Crippen LogP contribution in [0.1, 0.15) is 13.8 Å². The van der Waals surface area contributed by atoms with Gasteiger partial charge >= 0.3 is 0 Å². The first-order valence-corrected chi connectivity index (χ1v) is 5.70. The zero-order valence-electron chi connectivity index (χ0n) is 9.81. The van der Waals surface area contributed by atoms with Gasteiger partial charge in [-0.05, 0) is 38.1 Å². The molecule has 1 aliphatic heterocycles.